The van der Waals surface area contributed by atoms with Gasteiger partial charge in [-0.25, -0.2) is 0 Å². The average molecular weight is 338 g/mol. The SMILES string of the molecule is CCOC1CC(N)(C(=O)N2CCCC(N3CCCC3)CC2)C1(C)C. The molecule has 24 heavy (non-hydrogen) atoms. The van der Waals surface area contributed by atoms with E-state index in [4.69, 9.17) is 10.5 Å². The summed E-state index contributed by atoms with van der Waals surface area (Å²) in [6, 6.07) is 0.657. The average Bonchev–Trinajstić information content (AvgIpc) is 2.98. The monoisotopic (exact) mass is 337 g/mol. The summed E-state index contributed by atoms with van der Waals surface area (Å²) in [5.74, 6) is 0.144. The zero-order valence-corrected chi connectivity index (χ0v) is 15.7. The zero-order chi connectivity index (χ0) is 17.4. The lowest BCUT2D eigenvalue weighted by Crippen LogP contribution is -2.76. The van der Waals surface area contributed by atoms with Gasteiger partial charge in [-0.05, 0) is 52.1 Å². The van der Waals surface area contributed by atoms with Crippen molar-refractivity contribution in [3.8, 4) is 0 Å². The zero-order valence-electron chi connectivity index (χ0n) is 15.7. The van der Waals surface area contributed by atoms with Crippen molar-refractivity contribution in [3.05, 3.63) is 0 Å². The van der Waals surface area contributed by atoms with Gasteiger partial charge in [-0.1, -0.05) is 13.8 Å². The van der Waals surface area contributed by atoms with Crippen molar-refractivity contribution < 1.29 is 9.53 Å². The smallest absolute Gasteiger partial charge is 0.243 e. The maximum atomic E-state index is 13.2. The number of hydrogen-bond acceptors (Lipinski definition) is 4. The molecule has 2 heterocycles. The topological polar surface area (TPSA) is 58.8 Å². The number of carbonyl (C=O) groups is 1. The highest BCUT2D eigenvalue weighted by Gasteiger charge is 2.63. The third-order valence-corrected chi connectivity index (χ3v) is 6.85. The summed E-state index contributed by atoms with van der Waals surface area (Å²) in [5.41, 5.74) is 5.55. The Morgan fingerprint density at radius 1 is 1.12 bits per heavy atom. The summed E-state index contributed by atoms with van der Waals surface area (Å²) in [6.07, 6.45) is 6.82. The molecule has 1 aliphatic carbocycles. The molecule has 1 amide bonds. The van der Waals surface area contributed by atoms with E-state index in [1.807, 2.05) is 11.8 Å². The van der Waals surface area contributed by atoms with Crippen LogP contribution in [-0.2, 0) is 9.53 Å². The molecule has 0 aromatic carbocycles. The highest BCUT2D eigenvalue weighted by atomic mass is 16.5. The maximum Gasteiger partial charge on any atom is 0.243 e. The van der Waals surface area contributed by atoms with Crippen LogP contribution < -0.4 is 5.73 Å². The minimum absolute atomic E-state index is 0.0979. The van der Waals surface area contributed by atoms with E-state index in [1.54, 1.807) is 0 Å². The van der Waals surface area contributed by atoms with Crippen LogP contribution in [0, 0.1) is 5.41 Å². The molecule has 138 valence electrons. The number of rotatable bonds is 4. The first-order valence-electron chi connectivity index (χ1n) is 9.84. The van der Waals surface area contributed by atoms with Crippen LogP contribution in [0.2, 0.25) is 0 Å². The highest BCUT2D eigenvalue weighted by molar-refractivity contribution is 5.89. The van der Waals surface area contributed by atoms with E-state index in [9.17, 15) is 4.79 Å². The van der Waals surface area contributed by atoms with Crippen LogP contribution in [0.4, 0.5) is 0 Å². The van der Waals surface area contributed by atoms with E-state index in [0.29, 0.717) is 19.1 Å². The molecule has 0 radical (unpaired) electrons. The van der Waals surface area contributed by atoms with Crippen molar-refractivity contribution in [2.75, 3.05) is 32.8 Å². The lowest BCUT2D eigenvalue weighted by atomic mass is 9.54. The first-order valence-corrected chi connectivity index (χ1v) is 9.84. The second-order valence-electron chi connectivity index (χ2n) is 8.46. The van der Waals surface area contributed by atoms with Gasteiger partial charge < -0.3 is 20.3 Å². The van der Waals surface area contributed by atoms with Crippen molar-refractivity contribution in [1.29, 1.82) is 0 Å². The molecule has 3 fully saturated rings. The van der Waals surface area contributed by atoms with Crippen molar-refractivity contribution >= 4 is 5.91 Å². The van der Waals surface area contributed by atoms with Crippen molar-refractivity contribution in [2.45, 2.75) is 77.0 Å². The van der Waals surface area contributed by atoms with E-state index in [-0.39, 0.29) is 17.4 Å². The fourth-order valence-corrected chi connectivity index (χ4v) is 4.83. The van der Waals surface area contributed by atoms with Crippen molar-refractivity contribution in [1.82, 2.24) is 9.80 Å². The van der Waals surface area contributed by atoms with Crippen molar-refractivity contribution in [3.63, 3.8) is 0 Å². The molecule has 0 bridgehead atoms. The number of hydrogen-bond donors (Lipinski definition) is 1. The summed E-state index contributed by atoms with van der Waals surface area (Å²) in [5, 5.41) is 0. The molecular formula is C19H35N3O2. The molecule has 3 unspecified atom stereocenters. The van der Waals surface area contributed by atoms with Crippen LogP contribution >= 0.6 is 0 Å². The predicted octanol–water partition coefficient (Wildman–Crippen LogP) is 2.00. The van der Waals surface area contributed by atoms with E-state index in [1.165, 1.54) is 32.4 Å². The Kier molecular flexibility index (Phi) is 5.24. The summed E-state index contributed by atoms with van der Waals surface area (Å²) in [4.78, 5) is 17.9. The normalized spacial score (nSPS) is 37.1. The fourth-order valence-electron chi connectivity index (χ4n) is 4.83. The molecule has 1 saturated carbocycles. The van der Waals surface area contributed by atoms with Crippen molar-refractivity contribution in [2.24, 2.45) is 11.1 Å². The van der Waals surface area contributed by atoms with E-state index < -0.39 is 5.54 Å². The molecule has 5 heteroatoms. The number of ether oxygens (including phenoxy) is 1. The van der Waals surface area contributed by atoms with E-state index in [2.05, 4.69) is 18.7 Å². The second kappa shape index (κ2) is 6.93. The van der Waals surface area contributed by atoms with Gasteiger partial charge in [0.2, 0.25) is 5.91 Å². The van der Waals surface area contributed by atoms with Gasteiger partial charge in [-0.3, -0.25) is 4.79 Å². The van der Waals surface area contributed by atoms with Gasteiger partial charge >= 0.3 is 0 Å². The van der Waals surface area contributed by atoms with Gasteiger partial charge in [-0.15, -0.1) is 0 Å². The van der Waals surface area contributed by atoms with E-state index in [0.717, 1.165) is 25.9 Å². The molecule has 3 aliphatic rings. The molecule has 2 aliphatic heterocycles. The predicted molar refractivity (Wildman–Crippen MR) is 95.8 cm³/mol. The molecule has 2 N–H and O–H groups in total. The molecule has 5 nitrogen and oxygen atoms in total. The first-order chi connectivity index (χ1) is 11.4. The minimum Gasteiger partial charge on any atom is -0.378 e. The Balaban J connectivity index is 1.61. The molecule has 0 aromatic rings. The van der Waals surface area contributed by atoms with Gasteiger partial charge in [0.05, 0.1) is 6.10 Å². The largest absolute Gasteiger partial charge is 0.378 e. The molecule has 2 saturated heterocycles. The quantitative estimate of drug-likeness (QED) is 0.852. The van der Waals surface area contributed by atoms with Crippen LogP contribution in [0.5, 0.6) is 0 Å². The molecule has 0 spiro atoms. The van der Waals surface area contributed by atoms with Crippen LogP contribution in [0.3, 0.4) is 0 Å². The summed E-state index contributed by atoms with van der Waals surface area (Å²) in [7, 11) is 0. The van der Waals surface area contributed by atoms with Crippen LogP contribution in [0.15, 0.2) is 0 Å². The maximum absolute atomic E-state index is 13.2. The Labute approximate surface area is 146 Å². The standard InChI is InChI=1S/C19H35N3O2/c1-4-24-16-14-19(20,18(16,2)3)17(23)22-12-7-8-15(9-13-22)21-10-5-6-11-21/h15-16H,4-14,20H2,1-3H3. The molecular weight excluding hydrogens is 302 g/mol. The lowest BCUT2D eigenvalue weighted by molar-refractivity contribution is -0.179. The highest BCUT2D eigenvalue weighted by Crippen LogP contribution is 2.50. The molecule has 3 atom stereocenters. The number of likely N-dealkylation sites (tertiary alicyclic amines) is 2. The van der Waals surface area contributed by atoms with Gasteiger partial charge in [0.15, 0.2) is 0 Å². The fraction of sp³-hybridized carbons (Fsp3) is 0.947. The Bertz CT molecular complexity index is 462. The molecule has 3 rings (SSSR count). The Morgan fingerprint density at radius 2 is 1.83 bits per heavy atom. The van der Waals surface area contributed by atoms with Crippen LogP contribution in [0.1, 0.15) is 59.3 Å². The number of carbonyl (C=O) groups excluding carboxylic acids is 1. The number of nitrogens with two attached hydrogens (primary N) is 1. The molecule has 0 aromatic heterocycles. The second-order valence-corrected chi connectivity index (χ2v) is 8.46. The third-order valence-electron chi connectivity index (χ3n) is 6.85. The number of nitrogens with zero attached hydrogens (tertiary/aromatic N) is 2. The van der Waals surface area contributed by atoms with Crippen LogP contribution in [0.25, 0.3) is 0 Å². The third kappa shape index (κ3) is 2.99. The summed E-state index contributed by atoms with van der Waals surface area (Å²) >= 11 is 0. The van der Waals surface area contributed by atoms with Gasteiger partial charge in [0.1, 0.15) is 5.54 Å². The summed E-state index contributed by atoms with van der Waals surface area (Å²) < 4.78 is 5.78. The van der Waals surface area contributed by atoms with Gasteiger partial charge in [-0.2, -0.15) is 0 Å². The van der Waals surface area contributed by atoms with Gasteiger partial charge in [0, 0.05) is 37.6 Å². The van der Waals surface area contributed by atoms with E-state index >= 15 is 0 Å². The number of amides is 1. The summed E-state index contributed by atoms with van der Waals surface area (Å²) in [6.45, 7) is 11.0. The van der Waals surface area contributed by atoms with Gasteiger partial charge in [0.25, 0.3) is 0 Å². The van der Waals surface area contributed by atoms with Crippen LogP contribution in [-0.4, -0.2) is 66.2 Å². The lowest BCUT2D eigenvalue weighted by Gasteiger charge is -2.58. The Morgan fingerprint density at radius 3 is 2.46 bits per heavy atom. The minimum atomic E-state index is -0.764. The first kappa shape index (κ1) is 18.2. The Hall–Kier alpha value is -0.650.